The lowest BCUT2D eigenvalue weighted by Gasteiger charge is -2.19. The molecule has 6 heteroatoms. The Balaban J connectivity index is 0. The fourth-order valence-electron chi connectivity index (χ4n) is 0.850. The van der Waals surface area contributed by atoms with E-state index >= 15 is 0 Å². The van der Waals surface area contributed by atoms with E-state index in [-0.39, 0.29) is 24.3 Å². The van der Waals surface area contributed by atoms with E-state index in [2.05, 4.69) is 18.8 Å². The van der Waals surface area contributed by atoms with Crippen LogP contribution < -0.4 is 11.5 Å². The molecule has 0 aromatic carbocycles. The molecule has 0 aliphatic carbocycles. The van der Waals surface area contributed by atoms with Gasteiger partial charge >= 0.3 is 0 Å². The molecule has 0 aromatic heterocycles. The molecule has 0 aromatic rings. The van der Waals surface area contributed by atoms with Crippen LogP contribution in [-0.4, -0.2) is 30.4 Å². The first-order valence-electron chi connectivity index (χ1n) is 3.82. The highest BCUT2D eigenvalue weighted by Gasteiger charge is 2.03. The van der Waals surface area contributed by atoms with Crippen LogP contribution in [0.3, 0.4) is 0 Å². The average molecular weight is 208 g/mol. The van der Waals surface area contributed by atoms with Crippen LogP contribution in [0.15, 0.2) is 4.99 Å². The Bertz CT molecular complexity index is 189. The number of nitrogens with zero attached hydrogens (tertiary/aromatic N) is 2. The van der Waals surface area contributed by atoms with Crippen molar-refractivity contribution in [3.05, 3.63) is 0 Å². The lowest BCUT2D eigenvalue weighted by molar-refractivity contribution is 0.421. The minimum atomic E-state index is -0.261. The molecule has 0 atom stereocenters. The van der Waals surface area contributed by atoms with Crippen molar-refractivity contribution in [3.8, 4) is 0 Å². The maximum absolute atomic E-state index is 6.88. The molecule has 0 amide bonds. The normalized spacial score (nSPS) is 10.9. The van der Waals surface area contributed by atoms with E-state index in [1.165, 1.54) is 0 Å². The van der Waals surface area contributed by atoms with E-state index in [9.17, 15) is 0 Å². The molecule has 0 spiro atoms. The van der Waals surface area contributed by atoms with Gasteiger partial charge in [-0.15, -0.1) is 12.4 Å². The van der Waals surface area contributed by atoms with Crippen LogP contribution in [0.1, 0.15) is 13.8 Å². The van der Waals surface area contributed by atoms with Gasteiger partial charge in [-0.2, -0.15) is 4.99 Å². The first kappa shape index (κ1) is 14.5. The van der Waals surface area contributed by atoms with Gasteiger partial charge in [-0.25, -0.2) is 0 Å². The molecule has 13 heavy (non-hydrogen) atoms. The minimum Gasteiger partial charge on any atom is -0.369 e. The molecule has 0 unspecified atom stereocenters. The average Bonchev–Trinajstić information content (AvgIpc) is 1.84. The zero-order valence-corrected chi connectivity index (χ0v) is 9.06. The number of nitrogens with two attached hydrogens (primary N) is 2. The van der Waals surface area contributed by atoms with Crippen LogP contribution in [0, 0.1) is 11.3 Å². The summed E-state index contributed by atoms with van der Waals surface area (Å²) >= 11 is 0. The molecule has 5 nitrogen and oxygen atoms in total. The smallest absolute Gasteiger partial charge is 0.215 e. The molecule has 5 N–H and O–H groups in total. The van der Waals surface area contributed by atoms with Gasteiger partial charge in [0.2, 0.25) is 5.96 Å². The van der Waals surface area contributed by atoms with Crippen molar-refractivity contribution in [1.29, 1.82) is 5.41 Å². The molecular weight excluding hydrogens is 190 g/mol. The third kappa shape index (κ3) is 7.39. The zero-order valence-electron chi connectivity index (χ0n) is 8.24. The summed E-state index contributed by atoms with van der Waals surface area (Å²) in [5, 5.41) is 6.88. The summed E-state index contributed by atoms with van der Waals surface area (Å²) in [6.07, 6.45) is 0. The van der Waals surface area contributed by atoms with Crippen LogP contribution in [-0.2, 0) is 0 Å². The van der Waals surface area contributed by atoms with Gasteiger partial charge in [0.1, 0.15) is 0 Å². The van der Waals surface area contributed by atoms with Crippen LogP contribution in [0.5, 0.6) is 0 Å². The summed E-state index contributed by atoms with van der Waals surface area (Å²) < 4.78 is 0. The van der Waals surface area contributed by atoms with E-state index in [1.807, 2.05) is 7.05 Å². The van der Waals surface area contributed by atoms with Gasteiger partial charge in [0.25, 0.3) is 0 Å². The first-order chi connectivity index (χ1) is 5.43. The van der Waals surface area contributed by atoms with Gasteiger partial charge < -0.3 is 16.4 Å². The number of nitrogens with one attached hydrogen (secondary N) is 1. The van der Waals surface area contributed by atoms with Crippen molar-refractivity contribution >= 4 is 24.3 Å². The number of hydrogen-bond acceptors (Lipinski definition) is 1. The van der Waals surface area contributed by atoms with E-state index in [0.29, 0.717) is 5.92 Å². The van der Waals surface area contributed by atoms with Crippen molar-refractivity contribution in [2.45, 2.75) is 13.8 Å². The molecule has 0 aliphatic rings. The Morgan fingerprint density at radius 3 is 2.23 bits per heavy atom. The van der Waals surface area contributed by atoms with Gasteiger partial charge in [0, 0.05) is 13.6 Å². The highest BCUT2D eigenvalue weighted by molar-refractivity contribution is 5.91. The molecule has 0 saturated heterocycles. The summed E-state index contributed by atoms with van der Waals surface area (Å²) in [6.45, 7) is 4.97. The number of aliphatic imine (C=N–C) groups is 1. The zero-order chi connectivity index (χ0) is 9.72. The van der Waals surface area contributed by atoms with Crippen molar-refractivity contribution in [1.82, 2.24) is 4.90 Å². The van der Waals surface area contributed by atoms with Crippen molar-refractivity contribution in [2.24, 2.45) is 22.4 Å². The van der Waals surface area contributed by atoms with Crippen molar-refractivity contribution in [2.75, 3.05) is 13.6 Å². The Labute approximate surface area is 85.1 Å². The number of hydrogen-bond donors (Lipinski definition) is 3. The molecule has 0 radical (unpaired) electrons. The van der Waals surface area contributed by atoms with Gasteiger partial charge in [-0.05, 0) is 5.92 Å². The molecule has 78 valence electrons. The van der Waals surface area contributed by atoms with E-state index in [0.717, 1.165) is 6.54 Å². The largest absolute Gasteiger partial charge is 0.369 e. The Kier molecular flexibility index (Phi) is 7.31. The lowest BCUT2D eigenvalue weighted by atomic mass is 10.2. The highest BCUT2D eigenvalue weighted by atomic mass is 35.5. The molecule has 0 saturated carbocycles. The second-order valence-corrected chi connectivity index (χ2v) is 3.13. The predicted octanol–water partition coefficient (Wildman–Crippen LogP) is 0.204. The third-order valence-electron chi connectivity index (χ3n) is 1.27. The van der Waals surface area contributed by atoms with Gasteiger partial charge in [-0.1, -0.05) is 13.8 Å². The Morgan fingerprint density at radius 2 is 1.92 bits per heavy atom. The second kappa shape index (κ2) is 6.54. The fourth-order valence-corrected chi connectivity index (χ4v) is 0.850. The quantitative estimate of drug-likeness (QED) is 0.446. The molecular formula is C7H18ClN5. The van der Waals surface area contributed by atoms with E-state index < -0.39 is 0 Å². The summed E-state index contributed by atoms with van der Waals surface area (Å²) in [4.78, 5) is 5.38. The number of halogens is 1. The van der Waals surface area contributed by atoms with Gasteiger partial charge in [0.05, 0.1) is 0 Å². The van der Waals surface area contributed by atoms with E-state index in [4.69, 9.17) is 16.9 Å². The standard InChI is InChI=1S/C7H17N5.ClH/c1-5(2)4-12(3)7(10)11-6(8)9;/h5H,4H2,1-3H3,(H5,8,9,10,11);1H. The summed E-state index contributed by atoms with van der Waals surface area (Å²) in [5.41, 5.74) is 10.6. The third-order valence-corrected chi connectivity index (χ3v) is 1.27. The highest BCUT2D eigenvalue weighted by Crippen LogP contribution is 1.94. The SMILES string of the molecule is CC(C)CN(C)/C(N)=N/C(=N)N.Cl. The molecule has 0 rings (SSSR count). The summed E-state index contributed by atoms with van der Waals surface area (Å²) in [5.74, 6) is 0.537. The Hall–Kier alpha value is -0.970. The van der Waals surface area contributed by atoms with Gasteiger partial charge in [-0.3, -0.25) is 5.41 Å². The minimum absolute atomic E-state index is 0. The Morgan fingerprint density at radius 1 is 1.46 bits per heavy atom. The van der Waals surface area contributed by atoms with Crippen molar-refractivity contribution in [3.63, 3.8) is 0 Å². The van der Waals surface area contributed by atoms with Crippen LogP contribution >= 0.6 is 12.4 Å². The lowest BCUT2D eigenvalue weighted by Crippen LogP contribution is -2.37. The summed E-state index contributed by atoms with van der Waals surface area (Å²) in [6, 6.07) is 0. The van der Waals surface area contributed by atoms with Gasteiger partial charge in [0.15, 0.2) is 5.96 Å². The van der Waals surface area contributed by atoms with Crippen LogP contribution in [0.25, 0.3) is 0 Å². The van der Waals surface area contributed by atoms with E-state index in [1.54, 1.807) is 4.90 Å². The molecule has 0 heterocycles. The fraction of sp³-hybridized carbons (Fsp3) is 0.714. The predicted molar refractivity (Wildman–Crippen MR) is 58.3 cm³/mol. The van der Waals surface area contributed by atoms with Crippen LogP contribution in [0.4, 0.5) is 0 Å². The molecule has 0 bridgehead atoms. The maximum Gasteiger partial charge on any atom is 0.215 e. The second-order valence-electron chi connectivity index (χ2n) is 3.13. The maximum atomic E-state index is 6.88. The molecule has 0 aliphatic heterocycles. The van der Waals surface area contributed by atoms with Crippen LogP contribution in [0.2, 0.25) is 0 Å². The monoisotopic (exact) mass is 207 g/mol. The first-order valence-corrected chi connectivity index (χ1v) is 3.82. The topological polar surface area (TPSA) is 91.5 Å². The number of rotatable bonds is 2. The molecule has 0 fully saturated rings. The number of guanidine groups is 2. The van der Waals surface area contributed by atoms with Crippen molar-refractivity contribution < 1.29 is 0 Å². The summed E-state index contributed by atoms with van der Waals surface area (Å²) in [7, 11) is 1.82.